The summed E-state index contributed by atoms with van der Waals surface area (Å²) in [5, 5.41) is 0. The van der Waals surface area contributed by atoms with Gasteiger partial charge in [-0.2, -0.15) is 0 Å². The van der Waals surface area contributed by atoms with Crippen molar-refractivity contribution in [3.8, 4) is 22.8 Å². The smallest absolute Gasteiger partial charge is 0.213 e. The Balaban J connectivity index is 1.48. The van der Waals surface area contributed by atoms with E-state index in [1.54, 1.807) is 6.07 Å². The molecule has 3 rings (SSSR count). The zero-order valence-corrected chi connectivity index (χ0v) is 21.5. The maximum Gasteiger partial charge on any atom is 0.213 e. The first-order valence-electron chi connectivity index (χ1n) is 13.8. The minimum atomic E-state index is -0.201. The van der Waals surface area contributed by atoms with Crippen LogP contribution in [-0.2, 0) is 12.8 Å². The molecular formula is C30H44FNO2. The highest BCUT2D eigenvalue weighted by Crippen LogP contribution is 2.38. The zero-order chi connectivity index (χ0) is 24.0. The summed E-state index contributed by atoms with van der Waals surface area (Å²) in [4.78, 5) is 4.74. The maximum absolute atomic E-state index is 15.2. The van der Waals surface area contributed by atoms with E-state index in [4.69, 9.17) is 14.5 Å². The fraction of sp³-hybridized carbons (Fsp3) is 0.633. The van der Waals surface area contributed by atoms with Crippen LogP contribution in [0.15, 0.2) is 24.3 Å². The van der Waals surface area contributed by atoms with E-state index in [9.17, 15) is 0 Å². The van der Waals surface area contributed by atoms with Crippen molar-refractivity contribution < 1.29 is 13.9 Å². The standard InChI is InChI=1S/C30H44FNO2/c1-3-5-7-9-11-13-15-23-34-29-21-18-25-24-17-20-28(33-22-14-12-10-8-6-4-2)30(31)26(24)16-19-27(25)32-29/h17-18,20-21H,3-16,19,22-23H2,1-2H3. The second-order valence-electron chi connectivity index (χ2n) is 9.63. The average molecular weight is 470 g/mol. The van der Waals surface area contributed by atoms with E-state index >= 15 is 4.39 Å². The van der Waals surface area contributed by atoms with Crippen LogP contribution in [0.4, 0.5) is 4.39 Å². The molecule has 0 spiro atoms. The number of rotatable bonds is 17. The summed E-state index contributed by atoms with van der Waals surface area (Å²) in [6, 6.07) is 7.74. The summed E-state index contributed by atoms with van der Waals surface area (Å²) in [7, 11) is 0. The number of aryl methyl sites for hydroxylation is 1. The number of ether oxygens (including phenoxy) is 2. The van der Waals surface area contributed by atoms with Crippen LogP contribution in [0.25, 0.3) is 11.1 Å². The van der Waals surface area contributed by atoms with Crippen molar-refractivity contribution in [3.05, 3.63) is 41.3 Å². The van der Waals surface area contributed by atoms with Crippen LogP contribution in [-0.4, -0.2) is 18.2 Å². The lowest BCUT2D eigenvalue weighted by Crippen LogP contribution is -2.11. The largest absolute Gasteiger partial charge is 0.491 e. The Morgan fingerprint density at radius 1 is 0.676 bits per heavy atom. The normalized spacial score (nSPS) is 12.3. The Labute approximate surface area is 206 Å². The zero-order valence-electron chi connectivity index (χ0n) is 21.5. The van der Waals surface area contributed by atoms with E-state index in [-0.39, 0.29) is 5.82 Å². The fourth-order valence-corrected chi connectivity index (χ4v) is 4.75. The second kappa shape index (κ2) is 15.0. The van der Waals surface area contributed by atoms with Gasteiger partial charge in [0.05, 0.1) is 18.9 Å². The van der Waals surface area contributed by atoms with Crippen LogP contribution < -0.4 is 9.47 Å². The number of halogens is 1. The number of benzene rings is 1. The van der Waals surface area contributed by atoms with Crippen LogP contribution in [0.2, 0.25) is 0 Å². The van der Waals surface area contributed by atoms with Crippen molar-refractivity contribution in [2.75, 3.05) is 13.2 Å². The second-order valence-corrected chi connectivity index (χ2v) is 9.63. The maximum atomic E-state index is 15.2. The van der Waals surface area contributed by atoms with Gasteiger partial charge in [0.15, 0.2) is 11.6 Å². The molecule has 0 aliphatic heterocycles. The first-order chi connectivity index (χ1) is 16.7. The molecular weight excluding hydrogens is 425 g/mol. The van der Waals surface area contributed by atoms with Crippen LogP contribution in [0, 0.1) is 5.82 Å². The van der Waals surface area contributed by atoms with Crippen molar-refractivity contribution in [1.29, 1.82) is 0 Å². The molecule has 0 saturated carbocycles. The minimum Gasteiger partial charge on any atom is -0.491 e. The summed E-state index contributed by atoms with van der Waals surface area (Å²) >= 11 is 0. The summed E-state index contributed by atoms with van der Waals surface area (Å²) < 4.78 is 26.9. The number of aromatic nitrogens is 1. The van der Waals surface area contributed by atoms with Gasteiger partial charge in [-0.25, -0.2) is 9.37 Å². The van der Waals surface area contributed by atoms with Gasteiger partial charge in [0, 0.05) is 11.6 Å². The third kappa shape index (κ3) is 7.99. The van der Waals surface area contributed by atoms with Crippen molar-refractivity contribution in [3.63, 3.8) is 0 Å². The molecule has 1 aromatic carbocycles. The van der Waals surface area contributed by atoms with E-state index in [2.05, 4.69) is 13.8 Å². The number of pyridine rings is 1. The van der Waals surface area contributed by atoms with Crippen LogP contribution in [0.1, 0.15) is 109 Å². The lowest BCUT2D eigenvalue weighted by Gasteiger charge is -2.21. The van der Waals surface area contributed by atoms with E-state index in [0.717, 1.165) is 48.1 Å². The molecule has 0 amide bonds. The van der Waals surface area contributed by atoms with Gasteiger partial charge in [0.25, 0.3) is 0 Å². The van der Waals surface area contributed by atoms with Gasteiger partial charge in [-0.15, -0.1) is 0 Å². The van der Waals surface area contributed by atoms with Gasteiger partial charge in [0.1, 0.15) is 0 Å². The Bertz CT molecular complexity index is 867. The van der Waals surface area contributed by atoms with Gasteiger partial charge in [0.2, 0.25) is 5.88 Å². The van der Waals surface area contributed by atoms with E-state index < -0.39 is 0 Å². The minimum absolute atomic E-state index is 0.201. The molecule has 0 radical (unpaired) electrons. The van der Waals surface area contributed by atoms with E-state index in [0.29, 0.717) is 31.3 Å². The topological polar surface area (TPSA) is 31.4 Å². The monoisotopic (exact) mass is 469 g/mol. The molecule has 1 aliphatic carbocycles. The molecule has 34 heavy (non-hydrogen) atoms. The molecule has 188 valence electrons. The van der Waals surface area contributed by atoms with Crippen LogP contribution >= 0.6 is 0 Å². The number of unbranched alkanes of at least 4 members (excludes halogenated alkanes) is 11. The van der Waals surface area contributed by atoms with Crippen molar-refractivity contribution in [2.24, 2.45) is 0 Å². The molecule has 2 aromatic rings. The lowest BCUT2D eigenvalue weighted by atomic mass is 9.88. The number of hydrogen-bond donors (Lipinski definition) is 0. The molecule has 3 nitrogen and oxygen atoms in total. The fourth-order valence-electron chi connectivity index (χ4n) is 4.75. The van der Waals surface area contributed by atoms with Crippen molar-refractivity contribution in [1.82, 2.24) is 4.98 Å². The van der Waals surface area contributed by atoms with E-state index in [1.807, 2.05) is 18.2 Å². The SMILES string of the molecule is CCCCCCCCCOc1ccc2c(n1)CCc1c-2ccc(OCCCCCCCC)c1F. The molecule has 0 saturated heterocycles. The molecule has 1 heterocycles. The molecule has 0 N–H and O–H groups in total. The summed E-state index contributed by atoms with van der Waals surface area (Å²) in [6.45, 7) is 5.77. The molecule has 0 unspecified atom stereocenters. The number of nitrogens with zero attached hydrogens (tertiary/aromatic N) is 1. The predicted octanol–water partition coefficient (Wildman–Crippen LogP) is 8.86. The van der Waals surface area contributed by atoms with Gasteiger partial charge >= 0.3 is 0 Å². The van der Waals surface area contributed by atoms with Gasteiger partial charge in [-0.1, -0.05) is 90.5 Å². The number of fused-ring (bicyclic) bond motifs is 3. The van der Waals surface area contributed by atoms with Gasteiger partial charge < -0.3 is 9.47 Å². The van der Waals surface area contributed by atoms with Crippen molar-refractivity contribution >= 4 is 0 Å². The molecule has 4 heteroatoms. The Morgan fingerprint density at radius 3 is 1.94 bits per heavy atom. The van der Waals surface area contributed by atoms with Crippen LogP contribution in [0.3, 0.4) is 0 Å². The average Bonchev–Trinajstić information content (AvgIpc) is 2.86. The third-order valence-corrected chi connectivity index (χ3v) is 6.81. The molecule has 0 fully saturated rings. The lowest BCUT2D eigenvalue weighted by molar-refractivity contribution is 0.288. The summed E-state index contributed by atoms with van der Waals surface area (Å²) in [5.41, 5.74) is 3.72. The van der Waals surface area contributed by atoms with Gasteiger partial charge in [-0.05, 0) is 48.9 Å². The van der Waals surface area contributed by atoms with Crippen LogP contribution in [0.5, 0.6) is 11.6 Å². The Hall–Kier alpha value is -2.10. The van der Waals surface area contributed by atoms with E-state index in [1.165, 1.54) is 64.2 Å². The Kier molecular flexibility index (Phi) is 11.7. The molecule has 1 aromatic heterocycles. The highest BCUT2D eigenvalue weighted by Gasteiger charge is 2.23. The quantitative estimate of drug-likeness (QED) is 0.217. The predicted molar refractivity (Wildman–Crippen MR) is 139 cm³/mol. The Morgan fingerprint density at radius 2 is 1.26 bits per heavy atom. The molecule has 1 aliphatic rings. The molecule has 0 atom stereocenters. The summed E-state index contributed by atoms with van der Waals surface area (Å²) in [6.07, 6.45) is 17.4. The highest BCUT2D eigenvalue weighted by atomic mass is 19.1. The number of hydrogen-bond acceptors (Lipinski definition) is 3. The van der Waals surface area contributed by atoms with Crippen molar-refractivity contribution in [2.45, 2.75) is 110 Å². The summed E-state index contributed by atoms with van der Waals surface area (Å²) in [5.74, 6) is 0.874. The van der Waals surface area contributed by atoms with Gasteiger partial charge in [-0.3, -0.25) is 0 Å². The first-order valence-corrected chi connectivity index (χ1v) is 13.8. The third-order valence-electron chi connectivity index (χ3n) is 6.81. The first kappa shape index (κ1) is 26.5. The highest BCUT2D eigenvalue weighted by molar-refractivity contribution is 5.73. The molecule has 0 bridgehead atoms.